The van der Waals surface area contributed by atoms with Gasteiger partial charge in [0.2, 0.25) is 0 Å². The molecule has 2 nitrogen and oxygen atoms in total. The SMILES string of the molecule is CCCCc1ccc(NC(=O)C(F)(F)C(F)(F)C(F)(F)F)cc1. The van der Waals surface area contributed by atoms with Gasteiger partial charge in [0.25, 0.3) is 0 Å². The number of alkyl halides is 7. The molecule has 0 bridgehead atoms. The van der Waals surface area contributed by atoms with Crippen molar-refractivity contribution < 1.29 is 35.5 Å². The Hall–Kier alpha value is -1.80. The molecule has 0 atom stereocenters. The summed E-state index contributed by atoms with van der Waals surface area (Å²) in [5.74, 6) is -15.1. The van der Waals surface area contributed by atoms with Gasteiger partial charge in [0.1, 0.15) is 0 Å². The van der Waals surface area contributed by atoms with E-state index in [-0.39, 0.29) is 5.69 Å². The van der Waals surface area contributed by atoms with Crippen molar-refractivity contribution in [1.82, 2.24) is 0 Å². The van der Waals surface area contributed by atoms with Crippen LogP contribution in [-0.2, 0) is 11.2 Å². The van der Waals surface area contributed by atoms with Crippen LogP contribution in [0, 0.1) is 0 Å². The van der Waals surface area contributed by atoms with Crippen molar-refractivity contribution in [2.45, 2.75) is 44.2 Å². The first kappa shape index (κ1) is 19.2. The molecule has 0 heterocycles. The highest BCUT2D eigenvalue weighted by molar-refractivity contribution is 5.97. The Morgan fingerprint density at radius 2 is 1.52 bits per heavy atom. The van der Waals surface area contributed by atoms with Gasteiger partial charge in [0.05, 0.1) is 0 Å². The van der Waals surface area contributed by atoms with E-state index in [0.29, 0.717) is 6.42 Å². The zero-order chi connectivity index (χ0) is 17.9. The molecule has 0 aliphatic rings. The molecule has 1 N–H and O–H groups in total. The van der Waals surface area contributed by atoms with Crippen LogP contribution in [0.4, 0.5) is 36.4 Å². The summed E-state index contributed by atoms with van der Waals surface area (Å²) in [6, 6.07) is 5.24. The third kappa shape index (κ3) is 4.14. The molecule has 23 heavy (non-hydrogen) atoms. The maximum atomic E-state index is 13.1. The van der Waals surface area contributed by atoms with Crippen LogP contribution in [0.1, 0.15) is 25.3 Å². The first-order valence-electron chi connectivity index (χ1n) is 6.66. The molecule has 0 unspecified atom stereocenters. The fraction of sp³-hybridized carbons (Fsp3) is 0.500. The monoisotopic (exact) mass is 345 g/mol. The molecule has 0 saturated heterocycles. The van der Waals surface area contributed by atoms with Crippen LogP contribution in [0.15, 0.2) is 24.3 Å². The van der Waals surface area contributed by atoms with Gasteiger partial charge >= 0.3 is 23.9 Å². The number of carbonyl (C=O) groups is 1. The van der Waals surface area contributed by atoms with Crippen molar-refractivity contribution in [3.63, 3.8) is 0 Å². The lowest BCUT2D eigenvalue weighted by molar-refractivity contribution is -0.343. The highest BCUT2D eigenvalue weighted by atomic mass is 19.4. The summed E-state index contributed by atoms with van der Waals surface area (Å²) in [5, 5.41) is 1.37. The lowest BCUT2D eigenvalue weighted by atomic mass is 10.1. The molecule has 0 fully saturated rings. The normalized spacial score (nSPS) is 13.0. The highest BCUT2D eigenvalue weighted by Crippen LogP contribution is 2.46. The van der Waals surface area contributed by atoms with Crippen LogP contribution in [0.5, 0.6) is 0 Å². The molecule has 0 aliphatic heterocycles. The van der Waals surface area contributed by atoms with Gasteiger partial charge in [0, 0.05) is 5.69 Å². The van der Waals surface area contributed by atoms with E-state index in [9.17, 15) is 35.5 Å². The van der Waals surface area contributed by atoms with Crippen molar-refractivity contribution >= 4 is 11.6 Å². The standard InChI is InChI=1S/C14H14F7NO/c1-2-3-4-9-5-7-10(8-6-9)22-11(23)12(15,16)13(17,18)14(19,20)21/h5-8H,2-4H2,1H3,(H,22,23). The fourth-order valence-corrected chi connectivity index (χ4v) is 1.67. The maximum absolute atomic E-state index is 13.1. The van der Waals surface area contributed by atoms with Gasteiger partial charge in [0.15, 0.2) is 0 Å². The number of unbranched alkanes of at least 4 members (excludes halogenated alkanes) is 1. The van der Waals surface area contributed by atoms with Crippen LogP contribution >= 0.6 is 0 Å². The van der Waals surface area contributed by atoms with E-state index < -0.39 is 23.9 Å². The molecular formula is C14H14F7NO. The van der Waals surface area contributed by atoms with E-state index in [1.54, 1.807) is 0 Å². The van der Waals surface area contributed by atoms with Crippen molar-refractivity contribution in [2.75, 3.05) is 5.32 Å². The quantitative estimate of drug-likeness (QED) is 0.737. The van der Waals surface area contributed by atoms with Gasteiger partial charge in [-0.05, 0) is 30.5 Å². The predicted octanol–water partition coefficient (Wildman–Crippen LogP) is 4.80. The molecule has 0 saturated carbocycles. The number of benzene rings is 1. The number of amides is 1. The average molecular weight is 345 g/mol. The molecule has 1 aromatic carbocycles. The van der Waals surface area contributed by atoms with Crippen LogP contribution in [0.2, 0.25) is 0 Å². The number of rotatable bonds is 6. The molecule has 130 valence electrons. The van der Waals surface area contributed by atoms with Crippen LogP contribution in [0.3, 0.4) is 0 Å². The van der Waals surface area contributed by atoms with Crippen LogP contribution in [0.25, 0.3) is 0 Å². The van der Waals surface area contributed by atoms with E-state index in [1.807, 2.05) is 6.92 Å². The summed E-state index contributed by atoms with van der Waals surface area (Å²) in [6.07, 6.45) is -4.08. The summed E-state index contributed by atoms with van der Waals surface area (Å²) >= 11 is 0. The lowest BCUT2D eigenvalue weighted by Crippen LogP contribution is -2.57. The third-order valence-electron chi connectivity index (χ3n) is 3.07. The minimum Gasteiger partial charge on any atom is -0.321 e. The van der Waals surface area contributed by atoms with Gasteiger partial charge < -0.3 is 5.32 Å². The second-order valence-electron chi connectivity index (χ2n) is 4.90. The van der Waals surface area contributed by atoms with Crippen molar-refractivity contribution in [3.05, 3.63) is 29.8 Å². The van der Waals surface area contributed by atoms with Crippen molar-refractivity contribution in [2.24, 2.45) is 0 Å². The summed E-state index contributed by atoms with van der Waals surface area (Å²) in [4.78, 5) is 11.1. The highest BCUT2D eigenvalue weighted by Gasteiger charge is 2.76. The second-order valence-corrected chi connectivity index (χ2v) is 4.90. The number of hydrogen-bond donors (Lipinski definition) is 1. The van der Waals surface area contributed by atoms with E-state index in [1.165, 1.54) is 17.4 Å². The Morgan fingerprint density at radius 1 is 1.00 bits per heavy atom. The van der Waals surface area contributed by atoms with Gasteiger partial charge in [-0.2, -0.15) is 30.7 Å². The zero-order valence-electron chi connectivity index (χ0n) is 12.0. The van der Waals surface area contributed by atoms with Crippen LogP contribution in [-0.4, -0.2) is 23.9 Å². The molecule has 0 aromatic heterocycles. The fourth-order valence-electron chi connectivity index (χ4n) is 1.67. The lowest BCUT2D eigenvalue weighted by Gasteiger charge is -2.27. The topological polar surface area (TPSA) is 29.1 Å². The molecule has 1 aromatic rings. The number of anilines is 1. The predicted molar refractivity (Wildman–Crippen MR) is 69.6 cm³/mol. The van der Waals surface area contributed by atoms with Gasteiger partial charge in [-0.25, -0.2) is 0 Å². The molecule has 0 spiro atoms. The van der Waals surface area contributed by atoms with E-state index in [0.717, 1.165) is 30.5 Å². The third-order valence-corrected chi connectivity index (χ3v) is 3.07. The van der Waals surface area contributed by atoms with Crippen molar-refractivity contribution in [1.29, 1.82) is 0 Å². The van der Waals surface area contributed by atoms with E-state index in [2.05, 4.69) is 0 Å². The summed E-state index contributed by atoms with van der Waals surface area (Å²) in [5.41, 5.74) is 0.519. The molecule has 0 radical (unpaired) electrons. The molecule has 9 heteroatoms. The Balaban J connectivity index is 2.86. The smallest absolute Gasteiger partial charge is 0.321 e. The minimum atomic E-state index is -6.54. The summed E-state index contributed by atoms with van der Waals surface area (Å²) in [6.45, 7) is 1.96. The summed E-state index contributed by atoms with van der Waals surface area (Å²) in [7, 11) is 0. The largest absolute Gasteiger partial charge is 0.460 e. The Bertz CT molecular complexity index is 537. The minimum absolute atomic E-state index is 0.298. The first-order chi connectivity index (χ1) is 10.4. The van der Waals surface area contributed by atoms with E-state index >= 15 is 0 Å². The Morgan fingerprint density at radius 3 is 1.96 bits per heavy atom. The number of nitrogens with one attached hydrogen (secondary N) is 1. The molecule has 1 rings (SSSR count). The number of aryl methyl sites for hydroxylation is 1. The second kappa shape index (κ2) is 6.76. The number of halogens is 7. The van der Waals surface area contributed by atoms with E-state index in [4.69, 9.17) is 0 Å². The van der Waals surface area contributed by atoms with Gasteiger partial charge in [-0.3, -0.25) is 4.79 Å². The Labute approximate surface area is 127 Å². The van der Waals surface area contributed by atoms with Gasteiger partial charge in [-0.1, -0.05) is 25.5 Å². The molecule has 0 aliphatic carbocycles. The number of hydrogen-bond acceptors (Lipinski definition) is 1. The van der Waals surface area contributed by atoms with Crippen molar-refractivity contribution in [3.8, 4) is 0 Å². The number of carbonyl (C=O) groups excluding carboxylic acids is 1. The zero-order valence-corrected chi connectivity index (χ0v) is 12.0. The van der Waals surface area contributed by atoms with Crippen LogP contribution < -0.4 is 5.32 Å². The van der Waals surface area contributed by atoms with Gasteiger partial charge in [-0.15, -0.1) is 0 Å². The first-order valence-corrected chi connectivity index (χ1v) is 6.66. The average Bonchev–Trinajstić information content (AvgIpc) is 2.45. The molecular weight excluding hydrogens is 331 g/mol. The molecule has 1 amide bonds. The maximum Gasteiger partial charge on any atom is 0.460 e. The Kier molecular flexibility index (Phi) is 5.65. The summed E-state index contributed by atoms with van der Waals surface area (Å²) < 4.78 is 87.7.